The van der Waals surface area contributed by atoms with Crippen molar-refractivity contribution in [2.24, 2.45) is 0 Å². The number of nitrogens with one attached hydrogen (secondary N) is 1. The number of esters is 1. The zero-order chi connectivity index (χ0) is 19.1. The minimum absolute atomic E-state index is 0.121. The first-order chi connectivity index (χ1) is 13.2. The standard InChI is InChI=1S/C19H19N5O3/c1-27-19(26)15-9-11-16(12-10-15)20-17(25)8-5-13-24-22-18(21-23-24)14-6-3-2-4-7-14/h2-4,6-7,9-12H,5,8,13H2,1H3,(H,20,25). The van der Waals surface area contributed by atoms with E-state index in [-0.39, 0.29) is 5.91 Å². The maximum absolute atomic E-state index is 12.0. The van der Waals surface area contributed by atoms with Crippen molar-refractivity contribution in [3.63, 3.8) is 0 Å². The normalized spacial score (nSPS) is 10.4. The second-order valence-corrected chi connectivity index (χ2v) is 5.80. The number of aryl methyl sites for hydroxylation is 1. The molecule has 0 atom stereocenters. The van der Waals surface area contributed by atoms with Gasteiger partial charge in [-0.3, -0.25) is 4.79 Å². The predicted molar refractivity (Wildman–Crippen MR) is 98.9 cm³/mol. The largest absolute Gasteiger partial charge is 0.465 e. The van der Waals surface area contributed by atoms with Crippen LogP contribution in [0.4, 0.5) is 5.69 Å². The second kappa shape index (κ2) is 8.70. The van der Waals surface area contributed by atoms with Gasteiger partial charge in [0.05, 0.1) is 19.2 Å². The SMILES string of the molecule is COC(=O)c1ccc(NC(=O)CCCn2nnc(-c3ccccc3)n2)cc1. The third kappa shape index (κ3) is 4.97. The molecule has 27 heavy (non-hydrogen) atoms. The molecular weight excluding hydrogens is 346 g/mol. The molecule has 3 aromatic rings. The molecule has 1 N–H and O–H groups in total. The average Bonchev–Trinajstić information content (AvgIpc) is 3.17. The third-order valence-electron chi connectivity index (χ3n) is 3.84. The highest BCUT2D eigenvalue weighted by atomic mass is 16.5. The van der Waals surface area contributed by atoms with Crippen LogP contribution in [-0.4, -0.2) is 39.2 Å². The van der Waals surface area contributed by atoms with Crippen LogP contribution < -0.4 is 5.32 Å². The number of rotatable bonds is 7. The van der Waals surface area contributed by atoms with Crippen molar-refractivity contribution in [1.82, 2.24) is 20.2 Å². The van der Waals surface area contributed by atoms with Gasteiger partial charge in [0.2, 0.25) is 11.7 Å². The van der Waals surface area contributed by atoms with E-state index in [1.807, 2.05) is 30.3 Å². The van der Waals surface area contributed by atoms with Gasteiger partial charge in [-0.15, -0.1) is 10.2 Å². The number of nitrogens with zero attached hydrogens (tertiary/aromatic N) is 4. The Kier molecular flexibility index (Phi) is 5.88. The zero-order valence-corrected chi connectivity index (χ0v) is 14.8. The molecule has 0 saturated carbocycles. The van der Waals surface area contributed by atoms with Crippen LogP contribution in [0.2, 0.25) is 0 Å². The Morgan fingerprint density at radius 3 is 2.52 bits per heavy atom. The molecule has 0 spiro atoms. The van der Waals surface area contributed by atoms with Gasteiger partial charge in [0.25, 0.3) is 0 Å². The summed E-state index contributed by atoms with van der Waals surface area (Å²) in [5, 5.41) is 15.1. The van der Waals surface area contributed by atoms with Gasteiger partial charge >= 0.3 is 5.97 Å². The van der Waals surface area contributed by atoms with Crippen molar-refractivity contribution in [1.29, 1.82) is 0 Å². The lowest BCUT2D eigenvalue weighted by molar-refractivity contribution is -0.116. The molecule has 3 rings (SSSR count). The van der Waals surface area contributed by atoms with Crippen LogP contribution in [0.1, 0.15) is 23.2 Å². The Bertz CT molecular complexity index is 907. The zero-order valence-electron chi connectivity index (χ0n) is 14.8. The van der Waals surface area contributed by atoms with E-state index < -0.39 is 5.97 Å². The van der Waals surface area contributed by atoms with Gasteiger partial charge in [0, 0.05) is 17.7 Å². The number of carbonyl (C=O) groups is 2. The van der Waals surface area contributed by atoms with Gasteiger partial charge < -0.3 is 10.1 Å². The lowest BCUT2D eigenvalue weighted by Gasteiger charge is -2.06. The first-order valence-corrected chi connectivity index (χ1v) is 8.47. The first-order valence-electron chi connectivity index (χ1n) is 8.47. The molecule has 0 bridgehead atoms. The molecule has 0 aliphatic carbocycles. The molecule has 138 valence electrons. The van der Waals surface area contributed by atoms with Crippen LogP contribution >= 0.6 is 0 Å². The third-order valence-corrected chi connectivity index (χ3v) is 3.84. The Labute approximate surface area is 156 Å². The van der Waals surface area contributed by atoms with Gasteiger partial charge in [-0.25, -0.2) is 4.79 Å². The lowest BCUT2D eigenvalue weighted by atomic mass is 10.2. The number of methoxy groups -OCH3 is 1. The maximum Gasteiger partial charge on any atom is 0.337 e. The summed E-state index contributed by atoms with van der Waals surface area (Å²) < 4.78 is 4.64. The van der Waals surface area contributed by atoms with Crippen LogP contribution in [0.25, 0.3) is 11.4 Å². The maximum atomic E-state index is 12.0. The van der Waals surface area contributed by atoms with Crippen LogP contribution in [0.15, 0.2) is 54.6 Å². The second-order valence-electron chi connectivity index (χ2n) is 5.80. The van der Waals surface area contributed by atoms with E-state index in [1.54, 1.807) is 24.3 Å². The van der Waals surface area contributed by atoms with E-state index in [0.29, 0.717) is 36.5 Å². The molecule has 0 unspecified atom stereocenters. The summed E-state index contributed by atoms with van der Waals surface area (Å²) in [6.45, 7) is 0.495. The van der Waals surface area contributed by atoms with E-state index in [4.69, 9.17) is 0 Å². The smallest absolute Gasteiger partial charge is 0.337 e. The molecule has 0 radical (unpaired) electrons. The molecule has 0 saturated heterocycles. The van der Waals surface area contributed by atoms with Gasteiger partial charge in [-0.1, -0.05) is 30.3 Å². The Hall–Kier alpha value is -3.55. The van der Waals surface area contributed by atoms with E-state index in [9.17, 15) is 9.59 Å². The molecule has 2 aromatic carbocycles. The fraction of sp³-hybridized carbons (Fsp3) is 0.211. The van der Waals surface area contributed by atoms with Gasteiger partial charge in [0.15, 0.2) is 0 Å². The molecule has 0 aliphatic rings. The van der Waals surface area contributed by atoms with Crippen LogP contribution in [-0.2, 0) is 16.1 Å². The van der Waals surface area contributed by atoms with Crippen molar-refractivity contribution in [3.05, 3.63) is 60.2 Å². The highest BCUT2D eigenvalue weighted by Gasteiger charge is 2.08. The fourth-order valence-electron chi connectivity index (χ4n) is 2.45. The summed E-state index contributed by atoms with van der Waals surface area (Å²) in [6.07, 6.45) is 0.900. The quantitative estimate of drug-likeness (QED) is 0.646. The summed E-state index contributed by atoms with van der Waals surface area (Å²) >= 11 is 0. The molecule has 1 aromatic heterocycles. The Morgan fingerprint density at radius 1 is 1.07 bits per heavy atom. The molecule has 1 heterocycles. The summed E-state index contributed by atoms with van der Waals surface area (Å²) in [5.41, 5.74) is 1.96. The Morgan fingerprint density at radius 2 is 1.81 bits per heavy atom. The summed E-state index contributed by atoms with van der Waals surface area (Å²) in [5.74, 6) is 0.0260. The van der Waals surface area contributed by atoms with E-state index in [2.05, 4.69) is 25.5 Å². The number of amides is 1. The molecule has 8 heteroatoms. The first kappa shape index (κ1) is 18.2. The summed E-state index contributed by atoms with van der Waals surface area (Å²) in [7, 11) is 1.32. The number of tetrazole rings is 1. The lowest BCUT2D eigenvalue weighted by Crippen LogP contribution is -2.13. The number of benzene rings is 2. The van der Waals surface area contributed by atoms with E-state index >= 15 is 0 Å². The number of aromatic nitrogens is 4. The van der Waals surface area contributed by atoms with Crippen LogP contribution in [0.3, 0.4) is 0 Å². The Balaban J connectivity index is 1.46. The van der Waals surface area contributed by atoms with Crippen molar-refractivity contribution in [3.8, 4) is 11.4 Å². The topological polar surface area (TPSA) is 99.0 Å². The average molecular weight is 365 g/mol. The number of hydrogen-bond donors (Lipinski definition) is 1. The monoisotopic (exact) mass is 365 g/mol. The van der Waals surface area contributed by atoms with E-state index in [0.717, 1.165) is 5.56 Å². The van der Waals surface area contributed by atoms with Crippen molar-refractivity contribution < 1.29 is 14.3 Å². The van der Waals surface area contributed by atoms with Gasteiger partial charge in [-0.2, -0.15) is 4.80 Å². The van der Waals surface area contributed by atoms with Crippen molar-refractivity contribution in [2.45, 2.75) is 19.4 Å². The number of ether oxygens (including phenoxy) is 1. The minimum Gasteiger partial charge on any atom is -0.465 e. The van der Waals surface area contributed by atoms with Crippen molar-refractivity contribution >= 4 is 17.6 Å². The number of carbonyl (C=O) groups excluding carboxylic acids is 2. The molecule has 1 amide bonds. The summed E-state index contributed by atoms with van der Waals surface area (Å²) in [6, 6.07) is 16.1. The minimum atomic E-state index is -0.414. The van der Waals surface area contributed by atoms with Gasteiger partial charge in [0.1, 0.15) is 0 Å². The van der Waals surface area contributed by atoms with Crippen LogP contribution in [0.5, 0.6) is 0 Å². The molecule has 0 aliphatic heterocycles. The fourth-order valence-corrected chi connectivity index (χ4v) is 2.45. The van der Waals surface area contributed by atoms with Gasteiger partial charge in [-0.05, 0) is 35.9 Å². The molecule has 0 fully saturated rings. The van der Waals surface area contributed by atoms with Crippen molar-refractivity contribution in [2.75, 3.05) is 12.4 Å². The predicted octanol–water partition coefficient (Wildman–Crippen LogP) is 2.55. The molecular formula is C19H19N5O3. The highest BCUT2D eigenvalue weighted by molar-refractivity contribution is 5.93. The van der Waals surface area contributed by atoms with E-state index in [1.165, 1.54) is 11.9 Å². The molecule has 8 nitrogen and oxygen atoms in total. The number of anilines is 1. The summed E-state index contributed by atoms with van der Waals surface area (Å²) in [4.78, 5) is 24.9. The highest BCUT2D eigenvalue weighted by Crippen LogP contribution is 2.13. The number of hydrogen-bond acceptors (Lipinski definition) is 6. The van der Waals surface area contributed by atoms with Crippen LogP contribution in [0, 0.1) is 0 Å².